The average Bonchev–Trinajstić information content (AvgIpc) is 3.98. The Bertz CT molecular complexity index is 1860. The first kappa shape index (κ1) is 37.4. The fourth-order valence-electron chi connectivity index (χ4n) is 7.58. The molecule has 14 nitrogen and oxygen atoms in total. The zero-order valence-corrected chi connectivity index (χ0v) is 30.9. The van der Waals surface area contributed by atoms with Gasteiger partial charge in [0.15, 0.2) is 0 Å². The summed E-state index contributed by atoms with van der Waals surface area (Å²) in [6.45, 7) is 7.88. The highest BCUT2D eigenvalue weighted by Crippen LogP contribution is 2.47. The predicted molar refractivity (Wildman–Crippen MR) is 192 cm³/mol. The van der Waals surface area contributed by atoms with E-state index in [1.54, 1.807) is 19.2 Å². The van der Waals surface area contributed by atoms with E-state index in [1.165, 1.54) is 4.90 Å². The third-order valence-electron chi connectivity index (χ3n) is 11.2. The highest BCUT2D eigenvalue weighted by molar-refractivity contribution is 7.91. The average molecular weight is 740 g/mol. The Morgan fingerprint density at radius 1 is 1.15 bits per heavy atom. The summed E-state index contributed by atoms with van der Waals surface area (Å²) in [6, 6.07) is 5.03. The first-order chi connectivity index (χ1) is 24.7. The number of aromatic nitrogens is 1. The molecular formula is C37H49N5O9S. The Balaban J connectivity index is 1.34. The Morgan fingerprint density at radius 3 is 2.62 bits per heavy atom. The zero-order chi connectivity index (χ0) is 37.4. The van der Waals surface area contributed by atoms with E-state index < -0.39 is 68.2 Å². The molecule has 0 unspecified atom stereocenters. The first-order valence-electron chi connectivity index (χ1n) is 18.2. The summed E-state index contributed by atoms with van der Waals surface area (Å²) in [5.41, 5.74) is -1.54. The molecule has 15 heteroatoms. The van der Waals surface area contributed by atoms with E-state index in [4.69, 9.17) is 9.47 Å². The van der Waals surface area contributed by atoms with Crippen LogP contribution in [0.15, 0.2) is 42.6 Å². The number of ether oxygens (including phenoxy) is 2. The molecule has 6 rings (SSSR count). The van der Waals surface area contributed by atoms with E-state index in [2.05, 4.69) is 27.3 Å². The molecule has 4 aliphatic rings. The van der Waals surface area contributed by atoms with Gasteiger partial charge in [-0.1, -0.05) is 32.4 Å². The van der Waals surface area contributed by atoms with Gasteiger partial charge in [0.1, 0.15) is 29.5 Å². The van der Waals surface area contributed by atoms with Crippen LogP contribution in [0.4, 0.5) is 4.79 Å². The molecule has 7 atom stereocenters. The Kier molecular flexibility index (Phi) is 10.5. The quantitative estimate of drug-likeness (QED) is 0.274. The lowest BCUT2D eigenvalue weighted by atomic mass is 9.85. The van der Waals surface area contributed by atoms with Gasteiger partial charge in [0, 0.05) is 23.9 Å². The third kappa shape index (κ3) is 7.55. The van der Waals surface area contributed by atoms with E-state index in [0.29, 0.717) is 55.7 Å². The lowest BCUT2D eigenvalue weighted by Gasteiger charge is -2.33. The summed E-state index contributed by atoms with van der Waals surface area (Å²) in [7, 11) is -4.00. The first-order valence-corrected chi connectivity index (χ1v) is 19.7. The van der Waals surface area contributed by atoms with Gasteiger partial charge in [-0.3, -0.25) is 19.1 Å². The summed E-state index contributed by atoms with van der Waals surface area (Å²) in [4.78, 5) is 60.5. The Morgan fingerprint density at radius 2 is 1.92 bits per heavy atom. The van der Waals surface area contributed by atoms with Crippen LogP contribution in [-0.4, -0.2) is 88.8 Å². The smallest absolute Gasteiger partial charge is 0.405 e. The lowest BCUT2D eigenvalue weighted by molar-refractivity contribution is -0.142. The van der Waals surface area contributed by atoms with Crippen LogP contribution in [0.2, 0.25) is 0 Å². The van der Waals surface area contributed by atoms with Gasteiger partial charge in [-0.25, -0.2) is 18.2 Å². The monoisotopic (exact) mass is 739 g/mol. The second-order valence-corrected chi connectivity index (χ2v) is 17.2. The molecule has 2 aliphatic carbocycles. The number of fused-ring (bicyclic) bond motifs is 3. The van der Waals surface area contributed by atoms with Crippen LogP contribution in [0.5, 0.6) is 11.6 Å². The molecule has 1 saturated heterocycles. The van der Waals surface area contributed by atoms with Gasteiger partial charge < -0.3 is 30.1 Å². The molecule has 2 aliphatic heterocycles. The number of hydrogen-bond donors (Lipinski definition) is 4. The van der Waals surface area contributed by atoms with E-state index in [1.807, 2.05) is 44.2 Å². The summed E-state index contributed by atoms with van der Waals surface area (Å²) in [5, 5.41) is 16.7. The van der Waals surface area contributed by atoms with Gasteiger partial charge >= 0.3 is 6.09 Å². The summed E-state index contributed by atoms with van der Waals surface area (Å²) >= 11 is 0. The number of carbonyl (C=O) groups is 4. The fraction of sp³-hybridized carbons (Fsp3) is 0.595. The van der Waals surface area contributed by atoms with Crippen molar-refractivity contribution in [2.75, 3.05) is 13.2 Å². The topological polar surface area (TPSA) is 193 Å². The Labute approximate surface area is 304 Å². The number of hydrogen-bond acceptors (Lipinski definition) is 9. The summed E-state index contributed by atoms with van der Waals surface area (Å²) < 4.78 is 39.5. The molecule has 0 spiro atoms. The minimum atomic E-state index is -4.00. The zero-order valence-electron chi connectivity index (χ0n) is 30.1. The number of amides is 4. The number of nitrogens with one attached hydrogen (secondary N) is 3. The minimum Gasteiger partial charge on any atom is -0.494 e. The second kappa shape index (κ2) is 14.6. The molecule has 1 aromatic heterocycles. The number of carboxylic acid groups (broad SMARTS) is 1. The molecule has 4 N–H and O–H groups in total. The van der Waals surface area contributed by atoms with Gasteiger partial charge in [-0.2, -0.15) is 0 Å². The number of carbonyl (C=O) groups excluding carboxylic acids is 3. The molecule has 4 amide bonds. The molecule has 0 bridgehead atoms. The highest BCUT2D eigenvalue weighted by Gasteiger charge is 2.63. The SMILES string of the molecule is CCOc1ccc2c(O[C@@H]3C[C@H]4C(=O)N[C@]5(C(=O)NS(=O)(=O)C6(C)CC6)C[C@H]5/C=C\CC[C@H](C)C[C@@H](CC)[C@H](NC(=O)O)C(=O)N4C3)nccc2c1. The highest BCUT2D eigenvalue weighted by atomic mass is 32.2. The van der Waals surface area contributed by atoms with E-state index >= 15 is 0 Å². The van der Waals surface area contributed by atoms with Crippen LogP contribution in [0.3, 0.4) is 0 Å². The number of allylic oxidation sites excluding steroid dienone is 1. The van der Waals surface area contributed by atoms with Crippen molar-refractivity contribution in [1.82, 2.24) is 25.2 Å². The van der Waals surface area contributed by atoms with Gasteiger partial charge in [-0.15, -0.1) is 0 Å². The second-order valence-electron chi connectivity index (χ2n) is 15.0. The molecule has 1 aromatic carbocycles. The molecule has 2 saturated carbocycles. The largest absolute Gasteiger partial charge is 0.494 e. The third-order valence-corrected chi connectivity index (χ3v) is 13.3. The summed E-state index contributed by atoms with van der Waals surface area (Å²) in [5.74, 6) is -1.73. The van der Waals surface area contributed by atoms with Crippen molar-refractivity contribution in [3.63, 3.8) is 0 Å². The molecule has 3 fully saturated rings. The van der Waals surface area contributed by atoms with Gasteiger partial charge in [-0.05, 0) is 93.9 Å². The van der Waals surface area contributed by atoms with Gasteiger partial charge in [0.25, 0.3) is 5.91 Å². The van der Waals surface area contributed by atoms with Crippen molar-refractivity contribution in [3.8, 4) is 11.6 Å². The maximum Gasteiger partial charge on any atom is 0.405 e. The van der Waals surface area contributed by atoms with E-state index in [0.717, 1.165) is 11.8 Å². The maximum atomic E-state index is 14.5. The van der Waals surface area contributed by atoms with Crippen molar-refractivity contribution >= 4 is 44.6 Å². The van der Waals surface area contributed by atoms with Crippen molar-refractivity contribution in [2.45, 2.75) is 108 Å². The molecular weight excluding hydrogens is 691 g/mol. The van der Waals surface area contributed by atoms with Crippen LogP contribution in [0.25, 0.3) is 10.8 Å². The van der Waals surface area contributed by atoms with Gasteiger partial charge in [0.2, 0.25) is 27.7 Å². The molecule has 0 radical (unpaired) electrons. The molecule has 3 heterocycles. The molecule has 52 heavy (non-hydrogen) atoms. The number of pyridine rings is 1. The standard InChI is InChI=1S/C37H49N5O9S/c1-5-23-17-22(3)9-7-8-10-25-20-37(25,34(45)41-52(48,49)36(4)14-15-36)40-31(43)29-19-27(21-42(29)33(44)30(23)39-35(46)47)51-32-28-12-11-26(50-6-2)18-24(28)13-16-38-32/h8,10-13,16,18,22-23,25,27,29-30,39H,5-7,9,14-15,17,19-21H2,1-4H3,(H,40,43)(H,41,45)(H,46,47)/b10-8-/t22-,23+,25+,27+,29-,30-,37+/m0/s1. The number of benzene rings is 1. The van der Waals surface area contributed by atoms with Crippen LogP contribution < -0.4 is 24.8 Å². The minimum absolute atomic E-state index is 0.0221. The van der Waals surface area contributed by atoms with Gasteiger partial charge in [0.05, 0.1) is 17.9 Å². The van der Waals surface area contributed by atoms with Crippen LogP contribution >= 0.6 is 0 Å². The van der Waals surface area contributed by atoms with Crippen LogP contribution in [-0.2, 0) is 24.4 Å². The normalized spacial score (nSPS) is 30.8. The van der Waals surface area contributed by atoms with E-state index in [-0.39, 0.29) is 31.2 Å². The maximum absolute atomic E-state index is 14.5. The number of nitrogens with zero attached hydrogens (tertiary/aromatic N) is 2. The molecule has 282 valence electrons. The van der Waals surface area contributed by atoms with Crippen molar-refractivity contribution in [1.29, 1.82) is 0 Å². The summed E-state index contributed by atoms with van der Waals surface area (Å²) in [6.07, 6.45) is 6.89. The van der Waals surface area contributed by atoms with Crippen molar-refractivity contribution < 1.29 is 42.2 Å². The number of rotatable bonds is 9. The van der Waals surface area contributed by atoms with Crippen LogP contribution in [0.1, 0.15) is 79.1 Å². The molecule has 2 aromatic rings. The predicted octanol–water partition coefficient (Wildman–Crippen LogP) is 3.89. The number of sulfonamides is 1. The lowest BCUT2D eigenvalue weighted by Crippen LogP contribution is -2.59. The van der Waals surface area contributed by atoms with E-state index in [9.17, 15) is 32.7 Å². The van der Waals surface area contributed by atoms with Crippen molar-refractivity contribution in [3.05, 3.63) is 42.6 Å². The van der Waals surface area contributed by atoms with Crippen molar-refractivity contribution in [2.24, 2.45) is 17.8 Å². The Hall–Kier alpha value is -4.40. The fourth-order valence-corrected chi connectivity index (χ4v) is 8.90. The van der Waals surface area contributed by atoms with Crippen LogP contribution in [0, 0.1) is 17.8 Å².